The van der Waals surface area contributed by atoms with Crippen LogP contribution in [0.3, 0.4) is 0 Å². The number of unbranched alkanes of at least 4 members (excludes halogenated alkanes) is 1. The van der Waals surface area contributed by atoms with Gasteiger partial charge in [-0.2, -0.15) is 0 Å². The van der Waals surface area contributed by atoms with E-state index in [0.29, 0.717) is 34.5 Å². The van der Waals surface area contributed by atoms with Gasteiger partial charge in [-0.1, -0.05) is 31.9 Å². The molecule has 0 radical (unpaired) electrons. The molecule has 1 fully saturated rings. The number of piperidine rings is 1. The second-order valence-corrected chi connectivity index (χ2v) is 12.4. The van der Waals surface area contributed by atoms with Crippen molar-refractivity contribution in [1.29, 1.82) is 0 Å². The van der Waals surface area contributed by atoms with Gasteiger partial charge in [-0.15, -0.1) is 0 Å². The van der Waals surface area contributed by atoms with Crippen LogP contribution >= 0.6 is 0 Å². The highest BCUT2D eigenvalue weighted by molar-refractivity contribution is 7.92. The van der Waals surface area contributed by atoms with E-state index in [2.05, 4.69) is 39.3 Å². The van der Waals surface area contributed by atoms with Crippen molar-refractivity contribution in [2.75, 3.05) is 22.8 Å². The number of rotatable bonds is 12. The molecule has 4 rings (SSSR count). The molecule has 1 aliphatic rings. The minimum Gasteiger partial charge on any atom is -0.457 e. The number of carbonyl (C=O) groups is 2. The first kappa shape index (κ1) is 30.9. The number of sulfonamides is 1. The lowest BCUT2D eigenvalue weighted by molar-refractivity contribution is 0.1000. The maximum absolute atomic E-state index is 12.7. The van der Waals surface area contributed by atoms with Crippen LogP contribution in [0.15, 0.2) is 72.8 Å². The molecule has 0 bridgehead atoms. The van der Waals surface area contributed by atoms with Crippen LogP contribution in [0, 0.1) is 0 Å². The molecule has 5 N–H and O–H groups in total. The van der Waals surface area contributed by atoms with E-state index >= 15 is 0 Å². The average Bonchev–Trinajstić information content (AvgIpc) is 2.94. The Bertz CT molecular complexity index is 1440. The Labute approximate surface area is 247 Å². The molecule has 3 aromatic carbocycles. The standard InChI is InChI=1S/C31H39N5O5S/c1-3-4-5-27-20-26(34-31(38)33-24-10-8-23(9-11-24)30(32)37)18-19-36(27)21-22-6-14-28(15-7-22)41-29-16-12-25(13-17-29)35-42(2,39)40/h6-17,26-27,35H,3-5,18-21H2,1-2H3,(H2,32,37)(H2,33,34,38). The van der Waals surface area contributed by atoms with Crippen molar-refractivity contribution < 1.29 is 22.7 Å². The number of amides is 3. The van der Waals surface area contributed by atoms with Crippen molar-refractivity contribution in [3.05, 3.63) is 83.9 Å². The molecule has 1 saturated heterocycles. The number of hydrogen-bond donors (Lipinski definition) is 4. The maximum Gasteiger partial charge on any atom is 0.319 e. The zero-order valence-corrected chi connectivity index (χ0v) is 24.8. The number of anilines is 2. The maximum atomic E-state index is 12.7. The molecule has 2 unspecified atom stereocenters. The van der Waals surface area contributed by atoms with Crippen LogP contribution in [0.4, 0.5) is 16.2 Å². The molecule has 3 amide bonds. The Hall–Kier alpha value is -4.09. The number of benzene rings is 3. The zero-order valence-electron chi connectivity index (χ0n) is 24.0. The predicted octanol–water partition coefficient (Wildman–Crippen LogP) is 5.29. The van der Waals surface area contributed by atoms with E-state index in [9.17, 15) is 18.0 Å². The number of nitrogens with one attached hydrogen (secondary N) is 3. The number of nitrogens with zero attached hydrogens (tertiary/aromatic N) is 1. The highest BCUT2D eigenvalue weighted by atomic mass is 32.2. The first-order valence-electron chi connectivity index (χ1n) is 14.1. The summed E-state index contributed by atoms with van der Waals surface area (Å²) in [6, 6.07) is 21.4. The van der Waals surface area contributed by atoms with E-state index in [1.807, 2.05) is 12.1 Å². The molecule has 3 aromatic rings. The van der Waals surface area contributed by atoms with Crippen LogP contribution in [0.1, 0.15) is 54.9 Å². The number of likely N-dealkylation sites (tertiary alicyclic amines) is 1. The van der Waals surface area contributed by atoms with Crippen LogP contribution < -0.4 is 25.8 Å². The fourth-order valence-electron chi connectivity index (χ4n) is 5.09. The molecular formula is C31H39N5O5S. The van der Waals surface area contributed by atoms with Crippen LogP contribution in [0.25, 0.3) is 0 Å². The lowest BCUT2D eigenvalue weighted by Crippen LogP contribution is -2.50. The van der Waals surface area contributed by atoms with E-state index in [4.69, 9.17) is 10.5 Å². The van der Waals surface area contributed by atoms with Crippen LogP contribution in [0.5, 0.6) is 11.5 Å². The highest BCUT2D eigenvalue weighted by Gasteiger charge is 2.29. The minimum absolute atomic E-state index is 0.0720. The van der Waals surface area contributed by atoms with Crippen molar-refractivity contribution in [1.82, 2.24) is 10.2 Å². The Balaban J connectivity index is 1.30. The van der Waals surface area contributed by atoms with E-state index in [1.54, 1.807) is 48.5 Å². The first-order valence-corrected chi connectivity index (χ1v) is 16.0. The van der Waals surface area contributed by atoms with Crippen molar-refractivity contribution in [2.24, 2.45) is 5.73 Å². The second kappa shape index (κ2) is 14.2. The molecule has 0 aromatic heterocycles. The number of ether oxygens (including phenoxy) is 1. The largest absolute Gasteiger partial charge is 0.457 e. The molecule has 1 heterocycles. The third-order valence-corrected chi connectivity index (χ3v) is 7.80. The van der Waals surface area contributed by atoms with Gasteiger partial charge in [0.25, 0.3) is 0 Å². The van der Waals surface area contributed by atoms with E-state index in [-0.39, 0.29) is 12.1 Å². The van der Waals surface area contributed by atoms with Crippen molar-refractivity contribution >= 4 is 33.3 Å². The quantitative estimate of drug-likeness (QED) is 0.225. The molecule has 2 atom stereocenters. The van der Waals surface area contributed by atoms with Gasteiger partial charge < -0.3 is 21.1 Å². The van der Waals surface area contributed by atoms with Crippen LogP contribution in [0.2, 0.25) is 0 Å². The molecule has 224 valence electrons. The number of urea groups is 1. The van der Waals surface area contributed by atoms with Gasteiger partial charge in [-0.3, -0.25) is 14.4 Å². The SMILES string of the molecule is CCCCC1CC(NC(=O)Nc2ccc(C(N)=O)cc2)CCN1Cc1ccc(Oc2ccc(NS(C)(=O)=O)cc2)cc1. The summed E-state index contributed by atoms with van der Waals surface area (Å²) in [5, 5.41) is 5.97. The summed E-state index contributed by atoms with van der Waals surface area (Å²) in [4.78, 5) is 26.4. The summed E-state index contributed by atoms with van der Waals surface area (Å²) in [6.07, 6.45) is 6.14. The van der Waals surface area contributed by atoms with Crippen molar-refractivity contribution in [3.63, 3.8) is 0 Å². The lowest BCUT2D eigenvalue weighted by atomic mass is 9.93. The van der Waals surface area contributed by atoms with E-state index in [1.165, 1.54) is 5.56 Å². The van der Waals surface area contributed by atoms with E-state index < -0.39 is 15.9 Å². The summed E-state index contributed by atoms with van der Waals surface area (Å²) in [7, 11) is -3.33. The molecule has 42 heavy (non-hydrogen) atoms. The number of nitrogens with two attached hydrogens (primary N) is 1. The molecule has 0 saturated carbocycles. The van der Waals surface area contributed by atoms with Gasteiger partial charge in [0.15, 0.2) is 0 Å². The average molecular weight is 594 g/mol. The van der Waals surface area contributed by atoms with Gasteiger partial charge in [0.2, 0.25) is 15.9 Å². The Morgan fingerprint density at radius 2 is 1.57 bits per heavy atom. The van der Waals surface area contributed by atoms with Gasteiger partial charge in [-0.05, 0) is 85.5 Å². The van der Waals surface area contributed by atoms with Crippen LogP contribution in [-0.2, 0) is 16.6 Å². The lowest BCUT2D eigenvalue weighted by Gasteiger charge is -2.40. The minimum atomic E-state index is -3.33. The molecular weight excluding hydrogens is 554 g/mol. The molecule has 11 heteroatoms. The third kappa shape index (κ3) is 9.49. The monoisotopic (exact) mass is 593 g/mol. The first-order chi connectivity index (χ1) is 20.1. The van der Waals surface area contributed by atoms with Crippen LogP contribution in [-0.4, -0.2) is 50.1 Å². The van der Waals surface area contributed by atoms with Gasteiger partial charge in [0.1, 0.15) is 11.5 Å². The van der Waals surface area contributed by atoms with Crippen molar-refractivity contribution in [2.45, 2.75) is 57.7 Å². The molecule has 0 aliphatic carbocycles. The normalized spacial score (nSPS) is 17.3. The Morgan fingerprint density at radius 3 is 2.17 bits per heavy atom. The molecule has 1 aliphatic heterocycles. The summed E-state index contributed by atoms with van der Waals surface area (Å²) in [5.41, 5.74) is 7.94. The summed E-state index contributed by atoms with van der Waals surface area (Å²) in [5.74, 6) is 0.805. The molecule has 0 spiro atoms. The smallest absolute Gasteiger partial charge is 0.319 e. The summed E-state index contributed by atoms with van der Waals surface area (Å²) >= 11 is 0. The zero-order chi connectivity index (χ0) is 30.1. The van der Waals surface area contributed by atoms with Gasteiger partial charge >= 0.3 is 6.03 Å². The Kier molecular flexibility index (Phi) is 10.4. The predicted molar refractivity (Wildman–Crippen MR) is 165 cm³/mol. The molecule has 10 nitrogen and oxygen atoms in total. The van der Waals surface area contributed by atoms with Gasteiger partial charge in [0.05, 0.1) is 6.26 Å². The summed E-state index contributed by atoms with van der Waals surface area (Å²) in [6.45, 7) is 3.87. The number of hydrogen-bond acceptors (Lipinski definition) is 6. The van der Waals surface area contributed by atoms with Crippen molar-refractivity contribution in [3.8, 4) is 11.5 Å². The number of primary amides is 1. The Morgan fingerprint density at radius 1 is 0.952 bits per heavy atom. The second-order valence-electron chi connectivity index (χ2n) is 10.7. The van der Waals surface area contributed by atoms with Gasteiger partial charge in [-0.25, -0.2) is 13.2 Å². The van der Waals surface area contributed by atoms with E-state index in [0.717, 1.165) is 51.4 Å². The fraction of sp³-hybridized carbons (Fsp3) is 0.355. The number of carbonyl (C=O) groups excluding carboxylic acids is 2. The fourth-order valence-corrected chi connectivity index (χ4v) is 5.65. The topological polar surface area (TPSA) is 143 Å². The third-order valence-electron chi connectivity index (χ3n) is 7.19. The summed E-state index contributed by atoms with van der Waals surface area (Å²) < 4.78 is 31.2. The van der Waals surface area contributed by atoms with Gasteiger partial charge in [0, 0.05) is 42.1 Å². The highest BCUT2D eigenvalue weighted by Crippen LogP contribution is 2.27.